The van der Waals surface area contributed by atoms with Gasteiger partial charge < -0.3 is 9.84 Å². The molecule has 0 bridgehead atoms. The highest BCUT2D eigenvalue weighted by molar-refractivity contribution is 5.69. The van der Waals surface area contributed by atoms with Crippen molar-refractivity contribution < 1.29 is 14.6 Å². The summed E-state index contributed by atoms with van der Waals surface area (Å²) < 4.78 is 4.86. The van der Waals surface area contributed by atoms with E-state index in [2.05, 4.69) is 6.92 Å². The number of carbonyl (C=O) groups excluding carboxylic acids is 1. The molecular formula is C30H60O3. The van der Waals surface area contributed by atoms with E-state index in [1.165, 1.54) is 148 Å². The molecule has 3 nitrogen and oxygen atoms in total. The third-order valence-electron chi connectivity index (χ3n) is 6.84. The third-order valence-corrected chi connectivity index (χ3v) is 6.84. The van der Waals surface area contributed by atoms with Crippen LogP contribution in [0.3, 0.4) is 0 Å². The zero-order valence-electron chi connectivity index (χ0n) is 22.6. The van der Waals surface area contributed by atoms with E-state index in [1.807, 2.05) is 0 Å². The predicted octanol–water partition coefficient (Wildman–Crippen LogP) is 9.68. The topological polar surface area (TPSA) is 46.5 Å². The molecule has 1 N–H and O–H groups in total. The fourth-order valence-corrected chi connectivity index (χ4v) is 4.64. The van der Waals surface area contributed by atoms with Crippen LogP contribution in [0.5, 0.6) is 0 Å². The predicted molar refractivity (Wildman–Crippen MR) is 144 cm³/mol. The van der Waals surface area contributed by atoms with E-state index >= 15 is 0 Å². The van der Waals surface area contributed by atoms with Gasteiger partial charge in [-0.1, -0.05) is 161 Å². The van der Waals surface area contributed by atoms with Gasteiger partial charge in [0.2, 0.25) is 0 Å². The van der Waals surface area contributed by atoms with Crippen molar-refractivity contribution in [3.05, 3.63) is 0 Å². The summed E-state index contributed by atoms with van der Waals surface area (Å²) in [4.78, 5) is 11.3. The molecule has 0 aliphatic carbocycles. The van der Waals surface area contributed by atoms with E-state index in [1.54, 1.807) is 0 Å². The van der Waals surface area contributed by atoms with Gasteiger partial charge in [-0.25, -0.2) is 0 Å². The van der Waals surface area contributed by atoms with Crippen molar-refractivity contribution in [2.24, 2.45) is 0 Å². The van der Waals surface area contributed by atoms with Crippen molar-refractivity contribution in [1.29, 1.82) is 0 Å². The first-order valence-corrected chi connectivity index (χ1v) is 15.1. The number of esters is 1. The number of carbonyl (C=O) groups is 1. The van der Waals surface area contributed by atoms with Crippen LogP contribution in [0, 0.1) is 0 Å². The maximum absolute atomic E-state index is 11.3. The third kappa shape index (κ3) is 29.4. The molecule has 0 saturated heterocycles. The SMILES string of the molecule is CCCCCCCCCCCCCCCCCCCCCCCCCCCC(=O)OCCO. The quantitative estimate of drug-likeness (QED) is 0.0918. The van der Waals surface area contributed by atoms with Crippen LogP contribution >= 0.6 is 0 Å². The van der Waals surface area contributed by atoms with E-state index in [4.69, 9.17) is 9.84 Å². The van der Waals surface area contributed by atoms with Gasteiger partial charge in [-0.2, -0.15) is 0 Å². The van der Waals surface area contributed by atoms with E-state index in [0.717, 1.165) is 12.8 Å². The van der Waals surface area contributed by atoms with Crippen molar-refractivity contribution >= 4 is 5.97 Å². The second kappa shape index (κ2) is 29.5. The summed E-state index contributed by atoms with van der Waals surface area (Å²) in [6.45, 7) is 2.35. The molecule has 0 heterocycles. The number of hydrogen-bond acceptors (Lipinski definition) is 3. The van der Waals surface area contributed by atoms with Gasteiger partial charge in [-0.3, -0.25) is 4.79 Å². The van der Waals surface area contributed by atoms with Crippen LogP contribution in [0.2, 0.25) is 0 Å². The number of rotatable bonds is 28. The monoisotopic (exact) mass is 468 g/mol. The molecule has 0 aliphatic heterocycles. The average molecular weight is 469 g/mol. The Bertz CT molecular complexity index is 370. The Labute approximate surface area is 207 Å². The zero-order chi connectivity index (χ0) is 24.1. The largest absolute Gasteiger partial charge is 0.463 e. The first-order chi connectivity index (χ1) is 16.3. The van der Waals surface area contributed by atoms with Crippen LogP contribution in [-0.2, 0) is 9.53 Å². The molecule has 0 saturated carbocycles. The fraction of sp³-hybridized carbons (Fsp3) is 0.967. The van der Waals surface area contributed by atoms with Crippen molar-refractivity contribution in [3.63, 3.8) is 0 Å². The van der Waals surface area contributed by atoms with Crippen LogP contribution in [-0.4, -0.2) is 24.3 Å². The second-order valence-corrected chi connectivity index (χ2v) is 10.2. The van der Waals surface area contributed by atoms with Gasteiger partial charge in [-0.15, -0.1) is 0 Å². The molecule has 0 aromatic rings. The van der Waals surface area contributed by atoms with Crippen molar-refractivity contribution in [1.82, 2.24) is 0 Å². The van der Waals surface area contributed by atoms with Gasteiger partial charge in [0.05, 0.1) is 6.61 Å². The van der Waals surface area contributed by atoms with E-state index in [9.17, 15) is 4.79 Å². The van der Waals surface area contributed by atoms with Gasteiger partial charge in [0.25, 0.3) is 0 Å². The summed E-state index contributed by atoms with van der Waals surface area (Å²) in [6.07, 6.45) is 35.2. The molecule has 198 valence electrons. The molecule has 0 fully saturated rings. The number of aliphatic hydroxyl groups is 1. The summed E-state index contributed by atoms with van der Waals surface area (Å²) in [6, 6.07) is 0. The Morgan fingerprint density at radius 3 is 1.03 bits per heavy atom. The normalized spacial score (nSPS) is 11.2. The Morgan fingerprint density at radius 2 is 0.758 bits per heavy atom. The molecule has 0 atom stereocenters. The summed E-state index contributed by atoms with van der Waals surface area (Å²) >= 11 is 0. The van der Waals surface area contributed by atoms with Crippen LogP contribution in [0.1, 0.15) is 174 Å². The summed E-state index contributed by atoms with van der Waals surface area (Å²) in [5.74, 6) is -0.168. The lowest BCUT2D eigenvalue weighted by atomic mass is 10.0. The van der Waals surface area contributed by atoms with Gasteiger partial charge in [0.1, 0.15) is 6.61 Å². The lowest BCUT2D eigenvalue weighted by Gasteiger charge is -2.04. The highest BCUT2D eigenvalue weighted by Gasteiger charge is 2.01. The molecule has 0 aromatic heterocycles. The molecule has 0 aromatic carbocycles. The minimum absolute atomic E-state index is 0.0782. The van der Waals surface area contributed by atoms with Gasteiger partial charge in [0, 0.05) is 6.42 Å². The summed E-state index contributed by atoms with van der Waals surface area (Å²) in [5.41, 5.74) is 0. The van der Waals surface area contributed by atoms with Gasteiger partial charge in [-0.05, 0) is 6.42 Å². The van der Waals surface area contributed by atoms with E-state index < -0.39 is 0 Å². The van der Waals surface area contributed by atoms with E-state index in [-0.39, 0.29) is 19.2 Å². The number of hydrogen-bond donors (Lipinski definition) is 1. The van der Waals surface area contributed by atoms with Crippen molar-refractivity contribution in [3.8, 4) is 0 Å². The van der Waals surface area contributed by atoms with Crippen molar-refractivity contribution in [2.45, 2.75) is 174 Å². The highest BCUT2D eigenvalue weighted by Crippen LogP contribution is 2.16. The minimum atomic E-state index is -0.168. The Kier molecular flexibility index (Phi) is 29.0. The molecule has 0 aliphatic rings. The lowest BCUT2D eigenvalue weighted by Crippen LogP contribution is -2.07. The molecule has 0 spiro atoms. The van der Waals surface area contributed by atoms with Crippen LogP contribution in [0.25, 0.3) is 0 Å². The Balaban J connectivity index is 3.04. The van der Waals surface area contributed by atoms with Crippen LogP contribution in [0.15, 0.2) is 0 Å². The maximum Gasteiger partial charge on any atom is 0.305 e. The standard InChI is InChI=1S/C30H60O3/c1-2-3-4-5-6-7-8-9-10-11-12-13-14-15-16-17-18-19-20-21-22-23-24-25-26-27-30(32)33-29-28-31/h31H,2-29H2,1H3. The van der Waals surface area contributed by atoms with E-state index in [0.29, 0.717) is 6.42 Å². The number of ether oxygens (including phenoxy) is 1. The minimum Gasteiger partial charge on any atom is -0.463 e. The molecule has 0 amide bonds. The maximum atomic E-state index is 11.3. The molecule has 33 heavy (non-hydrogen) atoms. The van der Waals surface area contributed by atoms with Gasteiger partial charge in [0.15, 0.2) is 0 Å². The molecule has 0 rings (SSSR count). The molecule has 0 unspecified atom stereocenters. The second-order valence-electron chi connectivity index (χ2n) is 10.2. The Hall–Kier alpha value is -0.570. The summed E-state index contributed by atoms with van der Waals surface area (Å²) in [7, 11) is 0. The van der Waals surface area contributed by atoms with Crippen molar-refractivity contribution in [2.75, 3.05) is 13.2 Å². The Morgan fingerprint density at radius 1 is 0.485 bits per heavy atom. The zero-order valence-corrected chi connectivity index (χ0v) is 22.6. The molecule has 0 radical (unpaired) electrons. The number of unbranched alkanes of at least 4 members (excludes halogenated alkanes) is 24. The highest BCUT2D eigenvalue weighted by atomic mass is 16.5. The van der Waals surface area contributed by atoms with Crippen LogP contribution in [0.4, 0.5) is 0 Å². The van der Waals surface area contributed by atoms with Crippen LogP contribution < -0.4 is 0 Å². The smallest absolute Gasteiger partial charge is 0.305 e. The number of aliphatic hydroxyl groups excluding tert-OH is 1. The molecule has 3 heteroatoms. The lowest BCUT2D eigenvalue weighted by molar-refractivity contribution is -0.144. The van der Waals surface area contributed by atoms with Gasteiger partial charge >= 0.3 is 5.97 Å². The first-order valence-electron chi connectivity index (χ1n) is 15.1. The summed E-state index contributed by atoms with van der Waals surface area (Å²) in [5, 5.41) is 8.60. The fourth-order valence-electron chi connectivity index (χ4n) is 4.64. The first kappa shape index (κ1) is 32.4. The molecular weight excluding hydrogens is 408 g/mol. The average Bonchev–Trinajstić information content (AvgIpc) is 2.82.